The number of amides is 1. The van der Waals surface area contributed by atoms with Gasteiger partial charge in [-0.05, 0) is 31.9 Å². The second-order valence-corrected chi connectivity index (χ2v) is 6.30. The number of anilines is 1. The van der Waals surface area contributed by atoms with Crippen molar-refractivity contribution in [3.63, 3.8) is 0 Å². The molecule has 1 fully saturated rings. The molecule has 8 heteroatoms. The Bertz CT molecular complexity index is 832. The number of hydrogen-bond acceptors (Lipinski definition) is 6. The maximum Gasteiger partial charge on any atom is 0.343 e. The van der Waals surface area contributed by atoms with Crippen LogP contribution in [0.25, 0.3) is 11.0 Å². The van der Waals surface area contributed by atoms with Crippen LogP contribution in [0.2, 0.25) is 0 Å². The number of esters is 1. The van der Waals surface area contributed by atoms with Gasteiger partial charge in [0.15, 0.2) is 6.79 Å². The fraction of sp³-hybridized carbons (Fsp3) is 0.421. The van der Waals surface area contributed by atoms with Gasteiger partial charge in [-0.3, -0.25) is 4.79 Å². The minimum absolute atomic E-state index is 0.0154. The predicted molar refractivity (Wildman–Crippen MR) is 101 cm³/mol. The van der Waals surface area contributed by atoms with Crippen molar-refractivity contribution in [2.45, 2.75) is 25.8 Å². The molecule has 8 nitrogen and oxygen atoms in total. The van der Waals surface area contributed by atoms with Gasteiger partial charge in [-0.1, -0.05) is 6.58 Å². The Morgan fingerprint density at radius 2 is 2.37 bits per heavy atom. The summed E-state index contributed by atoms with van der Waals surface area (Å²) in [5, 5.41) is 4.23. The molecule has 0 bridgehead atoms. The summed E-state index contributed by atoms with van der Waals surface area (Å²) in [6.45, 7) is 7.00. The maximum atomic E-state index is 12.5. The predicted octanol–water partition coefficient (Wildman–Crippen LogP) is 2.30. The van der Waals surface area contributed by atoms with Crippen LogP contribution in [0.3, 0.4) is 0 Å². The zero-order chi connectivity index (χ0) is 19.2. The first-order valence-electron chi connectivity index (χ1n) is 9.02. The third kappa shape index (κ3) is 4.28. The Kier molecular flexibility index (Phi) is 6.08. The van der Waals surface area contributed by atoms with Gasteiger partial charge >= 0.3 is 5.97 Å². The van der Waals surface area contributed by atoms with Crippen molar-refractivity contribution in [3.8, 4) is 0 Å². The number of fused-ring (bicyclic) bond motifs is 1. The molecule has 0 aromatic carbocycles. The van der Waals surface area contributed by atoms with E-state index in [4.69, 9.17) is 9.47 Å². The summed E-state index contributed by atoms with van der Waals surface area (Å²) in [7, 11) is 0. The zero-order valence-electron chi connectivity index (χ0n) is 15.4. The van der Waals surface area contributed by atoms with Crippen LogP contribution in [0.1, 0.15) is 30.1 Å². The summed E-state index contributed by atoms with van der Waals surface area (Å²) in [6, 6.07) is 1.88. The normalized spacial score (nSPS) is 16.9. The van der Waals surface area contributed by atoms with Gasteiger partial charge < -0.3 is 24.7 Å². The molecule has 144 valence electrons. The molecule has 1 saturated heterocycles. The first kappa shape index (κ1) is 18.9. The monoisotopic (exact) mass is 372 g/mol. The Labute approximate surface area is 157 Å². The molecule has 0 unspecified atom stereocenters. The smallest absolute Gasteiger partial charge is 0.343 e. The van der Waals surface area contributed by atoms with Crippen molar-refractivity contribution < 1.29 is 19.1 Å². The highest BCUT2D eigenvalue weighted by Gasteiger charge is 2.25. The van der Waals surface area contributed by atoms with Crippen molar-refractivity contribution in [2.75, 3.05) is 31.8 Å². The zero-order valence-corrected chi connectivity index (χ0v) is 15.4. The van der Waals surface area contributed by atoms with Crippen molar-refractivity contribution in [1.82, 2.24) is 14.9 Å². The lowest BCUT2D eigenvalue weighted by Gasteiger charge is -2.33. The van der Waals surface area contributed by atoms with Crippen LogP contribution in [0.5, 0.6) is 0 Å². The molecule has 3 heterocycles. The number of hydrogen-bond donors (Lipinski definition) is 2. The second-order valence-electron chi connectivity index (χ2n) is 6.30. The summed E-state index contributed by atoms with van der Waals surface area (Å²) in [4.78, 5) is 33.5. The van der Waals surface area contributed by atoms with Gasteiger partial charge in [0.25, 0.3) is 0 Å². The molecule has 3 rings (SSSR count). The van der Waals surface area contributed by atoms with Gasteiger partial charge in [0.2, 0.25) is 5.91 Å². The van der Waals surface area contributed by atoms with Crippen LogP contribution >= 0.6 is 0 Å². The fourth-order valence-electron chi connectivity index (χ4n) is 3.20. The van der Waals surface area contributed by atoms with Gasteiger partial charge in [-0.2, -0.15) is 0 Å². The first-order chi connectivity index (χ1) is 13.1. The van der Waals surface area contributed by atoms with Crippen LogP contribution in [-0.2, 0) is 14.3 Å². The van der Waals surface area contributed by atoms with E-state index in [1.807, 2.05) is 13.0 Å². The molecule has 0 saturated carbocycles. The molecule has 1 aliphatic rings. The second kappa shape index (κ2) is 8.68. The number of H-pyrrole nitrogens is 1. The van der Waals surface area contributed by atoms with Crippen LogP contribution in [0.4, 0.5) is 5.69 Å². The molecule has 1 aliphatic heterocycles. The summed E-state index contributed by atoms with van der Waals surface area (Å²) in [5.41, 5.74) is 1.67. The van der Waals surface area contributed by atoms with E-state index in [1.54, 1.807) is 11.1 Å². The number of aromatic amines is 1. The van der Waals surface area contributed by atoms with Gasteiger partial charge in [-0.15, -0.1) is 0 Å². The highest BCUT2D eigenvalue weighted by atomic mass is 16.7. The molecule has 2 aromatic rings. The van der Waals surface area contributed by atoms with Gasteiger partial charge in [0.05, 0.1) is 5.69 Å². The lowest BCUT2D eigenvalue weighted by Crippen LogP contribution is -2.44. The molecular weight excluding hydrogens is 348 g/mol. The van der Waals surface area contributed by atoms with Crippen molar-refractivity contribution in [3.05, 3.63) is 36.7 Å². The third-order valence-corrected chi connectivity index (χ3v) is 4.54. The number of piperidine rings is 1. The highest BCUT2D eigenvalue weighted by Crippen LogP contribution is 2.28. The first-order valence-corrected chi connectivity index (χ1v) is 9.02. The lowest BCUT2D eigenvalue weighted by molar-refractivity contribution is -0.127. The van der Waals surface area contributed by atoms with Crippen LogP contribution in [0, 0.1) is 0 Å². The van der Waals surface area contributed by atoms with E-state index in [0.29, 0.717) is 36.6 Å². The van der Waals surface area contributed by atoms with E-state index in [1.165, 1.54) is 12.3 Å². The van der Waals surface area contributed by atoms with Crippen molar-refractivity contribution >= 4 is 28.6 Å². The summed E-state index contributed by atoms with van der Waals surface area (Å²) >= 11 is 0. The minimum atomic E-state index is -0.503. The Morgan fingerprint density at radius 3 is 3.15 bits per heavy atom. The van der Waals surface area contributed by atoms with Gasteiger partial charge in [-0.25, -0.2) is 9.78 Å². The fourth-order valence-corrected chi connectivity index (χ4v) is 3.20. The number of nitrogens with zero attached hydrogens (tertiary/aromatic N) is 2. The number of likely N-dealkylation sites (tertiary alicyclic amines) is 1. The highest BCUT2D eigenvalue weighted by molar-refractivity contribution is 6.04. The number of carbonyl (C=O) groups is 2. The van der Waals surface area contributed by atoms with E-state index in [9.17, 15) is 9.59 Å². The van der Waals surface area contributed by atoms with E-state index in [2.05, 4.69) is 21.9 Å². The molecule has 0 aliphatic carbocycles. The van der Waals surface area contributed by atoms with Crippen LogP contribution in [0.15, 0.2) is 31.1 Å². The SMILES string of the molecule is C=CC(=O)N1CCC[C@@H](Nc2c(C(=O)OCOCC)cnc3[nH]ccc23)C1. The van der Waals surface area contributed by atoms with E-state index in [0.717, 1.165) is 18.2 Å². The van der Waals surface area contributed by atoms with Crippen molar-refractivity contribution in [1.29, 1.82) is 0 Å². The van der Waals surface area contributed by atoms with Gasteiger partial charge in [0.1, 0.15) is 11.2 Å². The molecule has 2 N–H and O–H groups in total. The molecular formula is C19H24N4O4. The summed E-state index contributed by atoms with van der Waals surface area (Å²) in [5.74, 6) is -0.587. The largest absolute Gasteiger partial charge is 0.435 e. The van der Waals surface area contributed by atoms with Crippen LogP contribution < -0.4 is 5.32 Å². The number of nitrogens with one attached hydrogen (secondary N) is 2. The van der Waals surface area contributed by atoms with E-state index >= 15 is 0 Å². The standard InChI is InChI=1S/C19H24N4O4/c1-3-16(24)23-9-5-6-13(11-23)22-17-14-7-8-20-18(14)21-10-15(17)19(25)27-12-26-4-2/h3,7-8,10,13H,1,4-6,9,11-12H2,2H3,(H2,20,21,22)/t13-/m1/s1. The molecule has 1 amide bonds. The number of aromatic nitrogens is 2. The lowest BCUT2D eigenvalue weighted by atomic mass is 10.0. The molecule has 0 spiro atoms. The Balaban J connectivity index is 1.84. The van der Waals surface area contributed by atoms with Crippen molar-refractivity contribution in [2.24, 2.45) is 0 Å². The van der Waals surface area contributed by atoms with E-state index in [-0.39, 0.29) is 18.7 Å². The minimum Gasteiger partial charge on any atom is -0.435 e. The van der Waals surface area contributed by atoms with Gasteiger partial charge in [0, 0.05) is 43.5 Å². The Hall–Kier alpha value is -2.87. The molecule has 0 radical (unpaired) electrons. The maximum absolute atomic E-state index is 12.5. The van der Waals surface area contributed by atoms with E-state index < -0.39 is 5.97 Å². The number of rotatable bonds is 7. The summed E-state index contributed by atoms with van der Waals surface area (Å²) in [6.07, 6.45) is 6.36. The quantitative estimate of drug-likeness (QED) is 0.335. The molecule has 2 aromatic heterocycles. The van der Waals surface area contributed by atoms with Crippen LogP contribution in [-0.4, -0.2) is 59.3 Å². The number of ether oxygens (including phenoxy) is 2. The number of carbonyl (C=O) groups excluding carboxylic acids is 2. The molecule has 1 atom stereocenters. The summed E-state index contributed by atoms with van der Waals surface area (Å²) < 4.78 is 10.3. The molecule has 27 heavy (non-hydrogen) atoms. The Morgan fingerprint density at radius 1 is 1.52 bits per heavy atom. The average molecular weight is 372 g/mol. The number of pyridine rings is 1. The average Bonchev–Trinajstić information content (AvgIpc) is 3.17. The topological polar surface area (TPSA) is 96.6 Å². The third-order valence-electron chi connectivity index (χ3n) is 4.54.